The number of halogens is 1. The summed E-state index contributed by atoms with van der Waals surface area (Å²) in [5, 5.41) is 3.53. The molecular formula is C16H20ClNOS. The van der Waals surface area contributed by atoms with Gasteiger partial charge < -0.3 is 10.1 Å². The summed E-state index contributed by atoms with van der Waals surface area (Å²) in [4.78, 5) is 1.29. The lowest BCUT2D eigenvalue weighted by Gasteiger charge is -2.18. The molecule has 0 amide bonds. The first-order chi connectivity index (χ1) is 9.72. The van der Waals surface area contributed by atoms with E-state index in [0.717, 1.165) is 23.1 Å². The molecule has 1 heterocycles. The highest BCUT2D eigenvalue weighted by atomic mass is 35.5. The maximum absolute atomic E-state index is 6.01. The molecule has 2 rings (SSSR count). The Balaban J connectivity index is 2.16. The Morgan fingerprint density at radius 1 is 1.25 bits per heavy atom. The molecule has 0 spiro atoms. The summed E-state index contributed by atoms with van der Waals surface area (Å²) in [7, 11) is 0. The van der Waals surface area contributed by atoms with Crippen molar-refractivity contribution in [2.45, 2.75) is 26.3 Å². The molecule has 1 unspecified atom stereocenters. The molecule has 0 saturated heterocycles. The van der Waals surface area contributed by atoms with E-state index in [0.29, 0.717) is 6.61 Å². The number of benzene rings is 1. The third-order valence-electron chi connectivity index (χ3n) is 3.06. The first-order valence-electron chi connectivity index (χ1n) is 6.93. The van der Waals surface area contributed by atoms with Crippen LogP contribution in [0.5, 0.6) is 5.75 Å². The Morgan fingerprint density at radius 2 is 2.10 bits per heavy atom. The van der Waals surface area contributed by atoms with Gasteiger partial charge in [0.1, 0.15) is 5.75 Å². The molecule has 0 radical (unpaired) electrons. The number of likely N-dealkylation sites (N-methyl/N-ethyl adjacent to an activating group) is 1. The van der Waals surface area contributed by atoms with E-state index in [1.165, 1.54) is 10.4 Å². The lowest BCUT2D eigenvalue weighted by atomic mass is 10.0. The van der Waals surface area contributed by atoms with Crippen LogP contribution in [-0.2, 0) is 6.42 Å². The van der Waals surface area contributed by atoms with Crippen LogP contribution >= 0.6 is 22.9 Å². The van der Waals surface area contributed by atoms with Gasteiger partial charge in [-0.05, 0) is 43.3 Å². The molecule has 0 aliphatic carbocycles. The van der Waals surface area contributed by atoms with Crippen molar-refractivity contribution in [3.8, 4) is 5.75 Å². The SMILES string of the molecule is CCNC(Cc1ccc(Cl)s1)c1cccc(OCC)c1. The van der Waals surface area contributed by atoms with E-state index in [9.17, 15) is 0 Å². The van der Waals surface area contributed by atoms with Crippen LogP contribution in [0.2, 0.25) is 4.34 Å². The summed E-state index contributed by atoms with van der Waals surface area (Å²) < 4.78 is 6.43. The van der Waals surface area contributed by atoms with Gasteiger partial charge in [0.15, 0.2) is 0 Å². The molecule has 0 aliphatic heterocycles. The number of hydrogen-bond acceptors (Lipinski definition) is 3. The van der Waals surface area contributed by atoms with E-state index in [1.807, 2.05) is 25.1 Å². The van der Waals surface area contributed by atoms with E-state index in [-0.39, 0.29) is 6.04 Å². The molecule has 108 valence electrons. The van der Waals surface area contributed by atoms with Crippen molar-refractivity contribution in [2.24, 2.45) is 0 Å². The van der Waals surface area contributed by atoms with Crippen LogP contribution in [0.4, 0.5) is 0 Å². The number of nitrogens with one attached hydrogen (secondary N) is 1. The first-order valence-corrected chi connectivity index (χ1v) is 8.12. The number of rotatable bonds is 7. The van der Waals surface area contributed by atoms with Crippen LogP contribution in [0.25, 0.3) is 0 Å². The first kappa shape index (κ1) is 15.4. The van der Waals surface area contributed by atoms with Crippen LogP contribution in [0.3, 0.4) is 0 Å². The molecule has 1 aromatic carbocycles. The fraction of sp³-hybridized carbons (Fsp3) is 0.375. The van der Waals surface area contributed by atoms with Crippen LogP contribution in [-0.4, -0.2) is 13.2 Å². The highest BCUT2D eigenvalue weighted by Gasteiger charge is 2.13. The topological polar surface area (TPSA) is 21.3 Å². The van der Waals surface area contributed by atoms with Crippen molar-refractivity contribution >= 4 is 22.9 Å². The van der Waals surface area contributed by atoms with Crippen LogP contribution in [0.1, 0.15) is 30.3 Å². The average Bonchev–Trinajstić information content (AvgIpc) is 2.84. The second kappa shape index (κ2) is 7.67. The Hall–Kier alpha value is -1.03. The second-order valence-electron chi connectivity index (χ2n) is 4.53. The third kappa shape index (κ3) is 4.23. The van der Waals surface area contributed by atoms with Gasteiger partial charge in [-0.25, -0.2) is 0 Å². The van der Waals surface area contributed by atoms with Crippen LogP contribution in [0, 0.1) is 0 Å². The highest BCUT2D eigenvalue weighted by molar-refractivity contribution is 7.16. The van der Waals surface area contributed by atoms with Crippen molar-refractivity contribution in [3.05, 3.63) is 51.2 Å². The minimum Gasteiger partial charge on any atom is -0.494 e. The molecule has 1 aromatic heterocycles. The van der Waals surface area contributed by atoms with Gasteiger partial charge in [-0.1, -0.05) is 30.7 Å². The monoisotopic (exact) mass is 309 g/mol. The zero-order valence-corrected chi connectivity index (χ0v) is 13.4. The van der Waals surface area contributed by atoms with E-state index < -0.39 is 0 Å². The summed E-state index contributed by atoms with van der Waals surface area (Å²) in [6.45, 7) is 5.75. The van der Waals surface area contributed by atoms with E-state index in [4.69, 9.17) is 16.3 Å². The number of hydrogen-bond donors (Lipinski definition) is 1. The van der Waals surface area contributed by atoms with E-state index in [2.05, 4.69) is 30.4 Å². The molecule has 1 atom stereocenters. The summed E-state index contributed by atoms with van der Waals surface area (Å²) in [5.74, 6) is 0.928. The Labute approximate surface area is 129 Å². The average molecular weight is 310 g/mol. The molecule has 0 bridgehead atoms. The van der Waals surface area contributed by atoms with Crippen molar-refractivity contribution in [2.75, 3.05) is 13.2 Å². The fourth-order valence-corrected chi connectivity index (χ4v) is 3.34. The molecule has 2 nitrogen and oxygen atoms in total. The highest BCUT2D eigenvalue weighted by Crippen LogP contribution is 2.28. The maximum atomic E-state index is 6.01. The lowest BCUT2D eigenvalue weighted by Crippen LogP contribution is -2.22. The van der Waals surface area contributed by atoms with Gasteiger partial charge in [0.05, 0.1) is 10.9 Å². The predicted octanol–water partition coefficient (Wildman–Crippen LogP) is 4.69. The molecule has 2 aromatic rings. The van der Waals surface area contributed by atoms with Crippen LogP contribution < -0.4 is 10.1 Å². The van der Waals surface area contributed by atoms with E-state index >= 15 is 0 Å². The predicted molar refractivity (Wildman–Crippen MR) is 87.1 cm³/mol. The van der Waals surface area contributed by atoms with E-state index in [1.54, 1.807) is 11.3 Å². The quantitative estimate of drug-likeness (QED) is 0.801. The molecule has 0 fully saturated rings. The third-order valence-corrected chi connectivity index (χ3v) is 4.31. The van der Waals surface area contributed by atoms with Gasteiger partial charge in [-0.3, -0.25) is 0 Å². The summed E-state index contributed by atoms with van der Waals surface area (Å²) in [5.41, 5.74) is 1.25. The maximum Gasteiger partial charge on any atom is 0.119 e. The molecule has 0 aliphatic rings. The summed E-state index contributed by atoms with van der Waals surface area (Å²) in [6, 6.07) is 12.7. The minimum absolute atomic E-state index is 0.287. The fourth-order valence-electron chi connectivity index (χ4n) is 2.20. The van der Waals surface area contributed by atoms with Gasteiger partial charge >= 0.3 is 0 Å². The van der Waals surface area contributed by atoms with Crippen molar-refractivity contribution < 1.29 is 4.74 Å². The Morgan fingerprint density at radius 3 is 2.75 bits per heavy atom. The van der Waals surface area contributed by atoms with Gasteiger partial charge in [0.2, 0.25) is 0 Å². The summed E-state index contributed by atoms with van der Waals surface area (Å²) >= 11 is 7.66. The van der Waals surface area contributed by atoms with Gasteiger partial charge in [-0.2, -0.15) is 0 Å². The Kier molecular flexibility index (Phi) is 5.89. The molecular weight excluding hydrogens is 290 g/mol. The smallest absolute Gasteiger partial charge is 0.119 e. The number of thiophene rings is 1. The van der Waals surface area contributed by atoms with Gasteiger partial charge in [0.25, 0.3) is 0 Å². The zero-order chi connectivity index (χ0) is 14.4. The van der Waals surface area contributed by atoms with Gasteiger partial charge in [-0.15, -0.1) is 11.3 Å². The molecule has 1 N–H and O–H groups in total. The zero-order valence-electron chi connectivity index (χ0n) is 11.9. The molecule has 0 saturated carbocycles. The molecule has 4 heteroatoms. The second-order valence-corrected chi connectivity index (χ2v) is 6.33. The largest absolute Gasteiger partial charge is 0.494 e. The normalized spacial score (nSPS) is 12.3. The minimum atomic E-state index is 0.287. The van der Waals surface area contributed by atoms with Crippen molar-refractivity contribution in [1.29, 1.82) is 0 Å². The Bertz CT molecular complexity index is 541. The lowest BCUT2D eigenvalue weighted by molar-refractivity contribution is 0.339. The molecule has 20 heavy (non-hydrogen) atoms. The summed E-state index contributed by atoms with van der Waals surface area (Å²) in [6.07, 6.45) is 0.945. The van der Waals surface area contributed by atoms with Crippen molar-refractivity contribution in [3.63, 3.8) is 0 Å². The van der Waals surface area contributed by atoms with Crippen molar-refractivity contribution in [1.82, 2.24) is 5.32 Å². The van der Waals surface area contributed by atoms with Gasteiger partial charge in [0, 0.05) is 17.3 Å². The standard InChI is InChI=1S/C16H20ClNOS/c1-3-18-15(11-14-8-9-16(17)20-14)12-6-5-7-13(10-12)19-4-2/h5-10,15,18H,3-4,11H2,1-2H3. The number of ether oxygens (including phenoxy) is 1. The van der Waals surface area contributed by atoms with Crippen LogP contribution in [0.15, 0.2) is 36.4 Å².